The number of nitrogens with two attached hydrogens (primary N) is 3. The number of carbonyl (C=O) groups is 2. The van der Waals surface area contributed by atoms with Crippen molar-refractivity contribution in [3.05, 3.63) is 11.8 Å². The van der Waals surface area contributed by atoms with E-state index >= 15 is 0 Å². The van der Waals surface area contributed by atoms with Crippen LogP contribution in [-0.4, -0.2) is 17.6 Å². The molecular weight excluding hydrogens is 184 g/mol. The van der Waals surface area contributed by atoms with E-state index in [9.17, 15) is 9.59 Å². The highest BCUT2D eigenvalue weighted by Crippen LogP contribution is 2.30. The highest BCUT2D eigenvalue weighted by molar-refractivity contribution is 6.21. The number of amidine groups is 1. The van der Waals surface area contributed by atoms with Crippen molar-refractivity contribution in [3.8, 4) is 0 Å². The maximum Gasteiger partial charge on any atom is 0.253 e. The molecule has 0 saturated heterocycles. The van der Waals surface area contributed by atoms with E-state index in [2.05, 4.69) is 4.99 Å². The Bertz CT molecular complexity index is 328. The number of carbonyl (C=O) groups excluding carboxylic acids is 2. The largest absolute Gasteiger partial charge is 0.404 e. The van der Waals surface area contributed by atoms with Crippen molar-refractivity contribution in [1.29, 1.82) is 0 Å². The van der Waals surface area contributed by atoms with Crippen molar-refractivity contribution in [3.63, 3.8) is 0 Å². The predicted molar refractivity (Wildman–Crippen MR) is 50.8 cm³/mol. The Balaban J connectivity index is 2.75. The van der Waals surface area contributed by atoms with Gasteiger partial charge in [-0.2, -0.15) is 4.99 Å². The number of hydrogen-bond acceptors (Lipinski definition) is 3. The zero-order valence-electron chi connectivity index (χ0n) is 7.56. The van der Waals surface area contributed by atoms with Crippen LogP contribution < -0.4 is 17.2 Å². The summed E-state index contributed by atoms with van der Waals surface area (Å²) in [5, 5.41) is 0. The molecule has 6 heteroatoms. The van der Waals surface area contributed by atoms with Crippen LogP contribution in [0.3, 0.4) is 0 Å². The van der Waals surface area contributed by atoms with Crippen LogP contribution in [0.1, 0.15) is 12.8 Å². The third-order valence-corrected chi connectivity index (χ3v) is 1.87. The summed E-state index contributed by atoms with van der Waals surface area (Å²) >= 11 is 0. The molecule has 1 aliphatic rings. The van der Waals surface area contributed by atoms with E-state index in [1.807, 2.05) is 0 Å². The summed E-state index contributed by atoms with van der Waals surface area (Å²) in [6.45, 7) is 0. The number of primary amides is 1. The van der Waals surface area contributed by atoms with Crippen molar-refractivity contribution in [2.75, 3.05) is 0 Å². The third kappa shape index (κ3) is 2.32. The summed E-state index contributed by atoms with van der Waals surface area (Å²) in [4.78, 5) is 25.4. The Labute approximate surface area is 80.8 Å². The molecule has 76 valence electrons. The van der Waals surface area contributed by atoms with Crippen LogP contribution in [-0.2, 0) is 9.59 Å². The normalized spacial score (nSPS) is 18.0. The first-order valence-corrected chi connectivity index (χ1v) is 4.16. The monoisotopic (exact) mass is 196 g/mol. The minimum atomic E-state index is -0.794. The Morgan fingerprint density at radius 3 is 2.21 bits per heavy atom. The Morgan fingerprint density at radius 2 is 1.86 bits per heavy atom. The van der Waals surface area contributed by atoms with Gasteiger partial charge in [0.25, 0.3) is 11.8 Å². The first-order valence-electron chi connectivity index (χ1n) is 4.16. The molecule has 2 amide bonds. The van der Waals surface area contributed by atoms with Crippen LogP contribution in [0.5, 0.6) is 0 Å². The third-order valence-electron chi connectivity index (χ3n) is 1.87. The lowest BCUT2D eigenvalue weighted by Gasteiger charge is -2.00. The van der Waals surface area contributed by atoms with Gasteiger partial charge in [0, 0.05) is 12.1 Å². The van der Waals surface area contributed by atoms with Gasteiger partial charge in [-0.15, -0.1) is 0 Å². The van der Waals surface area contributed by atoms with Gasteiger partial charge < -0.3 is 17.2 Å². The summed E-state index contributed by atoms with van der Waals surface area (Å²) in [7, 11) is 0. The van der Waals surface area contributed by atoms with Crippen molar-refractivity contribution in [2.24, 2.45) is 28.1 Å². The van der Waals surface area contributed by atoms with Gasteiger partial charge >= 0.3 is 0 Å². The second-order valence-electron chi connectivity index (χ2n) is 3.05. The molecule has 0 aromatic heterocycles. The lowest BCUT2D eigenvalue weighted by atomic mass is 10.2. The zero-order valence-corrected chi connectivity index (χ0v) is 7.56. The van der Waals surface area contributed by atoms with Crippen molar-refractivity contribution in [2.45, 2.75) is 12.8 Å². The molecule has 6 nitrogen and oxygen atoms in total. The Kier molecular flexibility index (Phi) is 2.85. The smallest absolute Gasteiger partial charge is 0.253 e. The highest BCUT2D eigenvalue weighted by atomic mass is 16.2. The molecular formula is C8H12N4O2. The number of hydrogen-bond donors (Lipinski definition) is 3. The molecule has 1 rings (SSSR count). The molecule has 1 fully saturated rings. The summed E-state index contributed by atoms with van der Waals surface area (Å²) < 4.78 is 0. The van der Waals surface area contributed by atoms with Crippen molar-refractivity contribution >= 4 is 17.6 Å². The molecule has 0 heterocycles. The van der Waals surface area contributed by atoms with Crippen molar-refractivity contribution in [1.82, 2.24) is 0 Å². The lowest BCUT2D eigenvalue weighted by Crippen LogP contribution is -2.28. The second kappa shape index (κ2) is 3.91. The summed E-state index contributed by atoms with van der Waals surface area (Å²) in [5.74, 6) is -1.36. The van der Waals surface area contributed by atoms with Gasteiger partial charge in [-0.05, 0) is 12.8 Å². The van der Waals surface area contributed by atoms with Gasteiger partial charge in [-0.1, -0.05) is 0 Å². The second-order valence-corrected chi connectivity index (χ2v) is 3.05. The standard InChI is InChI=1S/C8H12N4O2/c9-3-5(7(11)13)6(10)12-8(14)4-1-2-4/h3-4H,1-2,9H2,(H2,11,13)(H2,10,12,14)/b5-3+. The predicted octanol–water partition coefficient (Wildman–Crippen LogP) is -1.39. The number of rotatable bonds is 3. The summed E-state index contributed by atoms with van der Waals surface area (Å²) in [5.41, 5.74) is 15.3. The molecule has 0 unspecified atom stereocenters. The topological polar surface area (TPSA) is 125 Å². The average molecular weight is 196 g/mol. The van der Waals surface area contributed by atoms with E-state index in [1.165, 1.54) is 0 Å². The Morgan fingerprint density at radius 1 is 1.29 bits per heavy atom. The molecule has 0 radical (unpaired) electrons. The van der Waals surface area contributed by atoms with Gasteiger partial charge in [0.05, 0.1) is 5.57 Å². The Hall–Kier alpha value is -1.85. The molecule has 0 aromatic rings. The van der Waals surface area contributed by atoms with E-state index in [4.69, 9.17) is 17.2 Å². The maximum absolute atomic E-state index is 11.2. The number of nitrogens with zero attached hydrogens (tertiary/aromatic N) is 1. The quantitative estimate of drug-likeness (QED) is 0.292. The van der Waals surface area contributed by atoms with Crippen LogP contribution >= 0.6 is 0 Å². The van der Waals surface area contributed by atoms with Gasteiger partial charge in [0.1, 0.15) is 5.84 Å². The van der Waals surface area contributed by atoms with E-state index in [0.29, 0.717) is 0 Å². The number of aliphatic imine (C=N–C) groups is 1. The minimum Gasteiger partial charge on any atom is -0.404 e. The molecule has 0 bridgehead atoms. The first-order chi connectivity index (χ1) is 6.56. The maximum atomic E-state index is 11.2. The fraction of sp³-hybridized carbons (Fsp3) is 0.375. The van der Waals surface area contributed by atoms with Crippen LogP contribution in [0.4, 0.5) is 0 Å². The molecule has 14 heavy (non-hydrogen) atoms. The van der Waals surface area contributed by atoms with E-state index in [0.717, 1.165) is 19.0 Å². The van der Waals surface area contributed by atoms with Gasteiger partial charge in [-0.25, -0.2) is 0 Å². The SMILES string of the molecule is N/C=C(/C(N)=O)C(N)=NC(=O)C1CC1. The number of amides is 2. The van der Waals surface area contributed by atoms with Crippen LogP contribution in [0.15, 0.2) is 16.8 Å². The molecule has 0 atom stereocenters. The lowest BCUT2D eigenvalue weighted by molar-refractivity contribution is -0.118. The van der Waals surface area contributed by atoms with E-state index in [-0.39, 0.29) is 23.2 Å². The molecule has 1 saturated carbocycles. The van der Waals surface area contributed by atoms with Gasteiger partial charge in [0.2, 0.25) is 0 Å². The summed E-state index contributed by atoms with van der Waals surface area (Å²) in [6.07, 6.45) is 2.60. The van der Waals surface area contributed by atoms with Crippen LogP contribution in [0.2, 0.25) is 0 Å². The van der Waals surface area contributed by atoms with Gasteiger partial charge in [-0.3, -0.25) is 9.59 Å². The van der Waals surface area contributed by atoms with Crippen molar-refractivity contribution < 1.29 is 9.59 Å². The van der Waals surface area contributed by atoms with Crippen LogP contribution in [0.25, 0.3) is 0 Å². The van der Waals surface area contributed by atoms with Gasteiger partial charge in [0.15, 0.2) is 0 Å². The zero-order chi connectivity index (χ0) is 10.7. The first kappa shape index (κ1) is 10.2. The molecule has 1 aliphatic carbocycles. The molecule has 0 aliphatic heterocycles. The highest BCUT2D eigenvalue weighted by Gasteiger charge is 2.29. The van der Waals surface area contributed by atoms with E-state index < -0.39 is 5.91 Å². The fourth-order valence-electron chi connectivity index (χ4n) is 0.894. The van der Waals surface area contributed by atoms with Crippen LogP contribution in [0, 0.1) is 5.92 Å². The van der Waals surface area contributed by atoms with E-state index in [1.54, 1.807) is 0 Å². The molecule has 0 spiro atoms. The molecule has 0 aromatic carbocycles. The molecule has 6 N–H and O–H groups in total. The fourth-order valence-corrected chi connectivity index (χ4v) is 0.894. The minimum absolute atomic E-state index is 0.0412. The average Bonchev–Trinajstić information content (AvgIpc) is 2.85. The summed E-state index contributed by atoms with van der Waals surface area (Å²) in [6, 6.07) is 0.